The molecule has 3 rings (SSSR count). The molecule has 2 aliphatic rings. The maximum atomic E-state index is 5.36. The summed E-state index contributed by atoms with van der Waals surface area (Å²) >= 11 is 0. The molecule has 0 amide bonds. The molecule has 0 aromatic heterocycles. The van der Waals surface area contributed by atoms with Crippen LogP contribution in [0.1, 0.15) is 5.56 Å². The number of benzene rings is 1. The molecule has 0 bridgehead atoms. The Bertz CT molecular complexity index is 368. The Morgan fingerprint density at radius 3 is 2.65 bits per heavy atom. The minimum atomic E-state index is 0. The second-order valence-corrected chi connectivity index (χ2v) is 4.12. The molecule has 0 unspecified atom stereocenters. The van der Waals surface area contributed by atoms with Gasteiger partial charge in [0.1, 0.15) is 0 Å². The topological polar surface area (TPSA) is 24.5 Å². The number of anilines is 2. The highest BCUT2D eigenvalue weighted by atomic mass is 35.5. The van der Waals surface area contributed by atoms with Crippen LogP contribution in [-0.2, 0) is 11.2 Å². The van der Waals surface area contributed by atoms with Crippen molar-refractivity contribution in [2.75, 3.05) is 43.1 Å². The van der Waals surface area contributed by atoms with Gasteiger partial charge in [0.2, 0.25) is 0 Å². The maximum absolute atomic E-state index is 5.36. The van der Waals surface area contributed by atoms with Gasteiger partial charge in [-0.05, 0) is 24.1 Å². The smallest absolute Gasteiger partial charge is 0.0642 e. The molecule has 1 aromatic carbocycles. The maximum Gasteiger partial charge on any atom is 0.0642 e. The van der Waals surface area contributed by atoms with Gasteiger partial charge in [0.15, 0.2) is 0 Å². The predicted molar refractivity (Wildman–Crippen MR) is 76.2 cm³/mol. The van der Waals surface area contributed by atoms with Gasteiger partial charge in [-0.25, -0.2) is 0 Å². The van der Waals surface area contributed by atoms with Gasteiger partial charge in [-0.1, -0.05) is 6.07 Å². The molecule has 1 saturated heterocycles. The molecule has 17 heavy (non-hydrogen) atoms. The summed E-state index contributed by atoms with van der Waals surface area (Å²) in [6.45, 7) is 4.81. The molecule has 5 heteroatoms. The fourth-order valence-electron chi connectivity index (χ4n) is 2.30. The van der Waals surface area contributed by atoms with E-state index >= 15 is 0 Å². The van der Waals surface area contributed by atoms with Crippen LogP contribution in [0.4, 0.5) is 11.4 Å². The summed E-state index contributed by atoms with van der Waals surface area (Å²) in [6, 6.07) is 6.75. The van der Waals surface area contributed by atoms with Gasteiger partial charge in [-0.2, -0.15) is 0 Å². The normalized spacial score (nSPS) is 17.5. The van der Waals surface area contributed by atoms with Crippen LogP contribution >= 0.6 is 24.8 Å². The number of rotatable bonds is 1. The summed E-state index contributed by atoms with van der Waals surface area (Å²) in [5.74, 6) is 0. The fraction of sp³-hybridized carbons (Fsp3) is 0.500. The van der Waals surface area contributed by atoms with Crippen LogP contribution in [0.25, 0.3) is 0 Å². The summed E-state index contributed by atoms with van der Waals surface area (Å²) in [5.41, 5.74) is 4.09. The van der Waals surface area contributed by atoms with E-state index in [1.54, 1.807) is 0 Å². The molecule has 96 valence electrons. The Labute approximate surface area is 114 Å². The molecule has 0 atom stereocenters. The Hall–Kier alpha value is -0.640. The Kier molecular flexibility index (Phi) is 5.37. The van der Waals surface area contributed by atoms with E-state index in [2.05, 4.69) is 28.4 Å². The summed E-state index contributed by atoms with van der Waals surface area (Å²) < 4.78 is 5.36. The lowest BCUT2D eigenvalue weighted by Crippen LogP contribution is -2.36. The van der Waals surface area contributed by atoms with E-state index in [4.69, 9.17) is 4.74 Å². The molecule has 3 nitrogen and oxygen atoms in total. The van der Waals surface area contributed by atoms with Crippen molar-refractivity contribution in [3.63, 3.8) is 0 Å². The molecule has 1 N–H and O–H groups in total. The number of nitrogens with zero attached hydrogens (tertiary/aromatic N) is 1. The van der Waals surface area contributed by atoms with Gasteiger partial charge in [0, 0.05) is 31.0 Å². The number of fused-ring (bicyclic) bond motifs is 1. The third-order valence-corrected chi connectivity index (χ3v) is 3.18. The quantitative estimate of drug-likeness (QED) is 0.852. The zero-order valence-corrected chi connectivity index (χ0v) is 11.3. The highest BCUT2D eigenvalue weighted by molar-refractivity contribution is 5.85. The highest BCUT2D eigenvalue weighted by Crippen LogP contribution is 2.27. The largest absolute Gasteiger partial charge is 0.384 e. The molecule has 0 saturated carbocycles. The van der Waals surface area contributed by atoms with E-state index in [1.807, 2.05) is 0 Å². The second-order valence-electron chi connectivity index (χ2n) is 4.12. The van der Waals surface area contributed by atoms with Crippen molar-refractivity contribution >= 4 is 36.2 Å². The molecule has 1 aromatic rings. The number of ether oxygens (including phenoxy) is 1. The van der Waals surface area contributed by atoms with Gasteiger partial charge in [-0.3, -0.25) is 0 Å². The van der Waals surface area contributed by atoms with Crippen LogP contribution < -0.4 is 10.2 Å². The summed E-state index contributed by atoms with van der Waals surface area (Å²) in [5, 5.41) is 3.42. The number of hydrogen-bond acceptors (Lipinski definition) is 3. The monoisotopic (exact) mass is 276 g/mol. The lowest BCUT2D eigenvalue weighted by molar-refractivity contribution is 0.122. The van der Waals surface area contributed by atoms with Gasteiger partial charge >= 0.3 is 0 Å². The van der Waals surface area contributed by atoms with Crippen LogP contribution in [0.3, 0.4) is 0 Å². The van der Waals surface area contributed by atoms with Crippen LogP contribution in [0.5, 0.6) is 0 Å². The predicted octanol–water partition coefficient (Wildman–Crippen LogP) is 2.33. The SMILES string of the molecule is Cl.Cl.c1cc2c(cc1N1CCOCC1)NCC2. The van der Waals surface area contributed by atoms with E-state index in [0.717, 1.165) is 32.8 Å². The fourth-order valence-corrected chi connectivity index (χ4v) is 2.30. The minimum Gasteiger partial charge on any atom is -0.384 e. The summed E-state index contributed by atoms with van der Waals surface area (Å²) in [4.78, 5) is 2.39. The lowest BCUT2D eigenvalue weighted by Gasteiger charge is -2.29. The summed E-state index contributed by atoms with van der Waals surface area (Å²) in [7, 11) is 0. The highest BCUT2D eigenvalue weighted by Gasteiger charge is 2.15. The number of hydrogen-bond donors (Lipinski definition) is 1. The minimum absolute atomic E-state index is 0. The number of halogens is 2. The van der Waals surface area contributed by atoms with E-state index < -0.39 is 0 Å². The average molecular weight is 277 g/mol. The molecule has 2 heterocycles. The van der Waals surface area contributed by atoms with E-state index in [1.165, 1.54) is 23.4 Å². The zero-order chi connectivity index (χ0) is 10.1. The van der Waals surface area contributed by atoms with Crippen molar-refractivity contribution in [2.45, 2.75) is 6.42 Å². The van der Waals surface area contributed by atoms with Gasteiger partial charge in [0.05, 0.1) is 13.2 Å². The first-order valence-electron chi connectivity index (χ1n) is 5.63. The molecular formula is C12H18Cl2N2O. The van der Waals surface area contributed by atoms with Crippen molar-refractivity contribution < 1.29 is 4.74 Å². The third-order valence-electron chi connectivity index (χ3n) is 3.18. The molecule has 2 aliphatic heterocycles. The number of morpholine rings is 1. The number of nitrogens with one attached hydrogen (secondary N) is 1. The van der Waals surface area contributed by atoms with Gasteiger partial charge in [0.25, 0.3) is 0 Å². The molecule has 1 fully saturated rings. The standard InChI is InChI=1S/C12H16N2O.2ClH/c1-2-11(14-5-7-15-8-6-14)9-12-10(1)3-4-13-12;;/h1-2,9,13H,3-8H2;2*1H. The van der Waals surface area contributed by atoms with Crippen LogP contribution in [0, 0.1) is 0 Å². The Morgan fingerprint density at radius 1 is 1.12 bits per heavy atom. The second kappa shape index (κ2) is 6.34. The van der Waals surface area contributed by atoms with E-state index in [-0.39, 0.29) is 24.8 Å². The van der Waals surface area contributed by atoms with Crippen LogP contribution in [0.2, 0.25) is 0 Å². The van der Waals surface area contributed by atoms with Crippen molar-refractivity contribution in [1.29, 1.82) is 0 Å². The van der Waals surface area contributed by atoms with E-state index in [9.17, 15) is 0 Å². The summed E-state index contributed by atoms with van der Waals surface area (Å²) in [6.07, 6.45) is 1.17. The first-order valence-corrected chi connectivity index (χ1v) is 5.63. The Balaban J connectivity index is 0.000000722. The first-order chi connectivity index (χ1) is 7.43. The van der Waals surface area contributed by atoms with Gasteiger partial charge in [-0.15, -0.1) is 24.8 Å². The van der Waals surface area contributed by atoms with Crippen molar-refractivity contribution in [2.24, 2.45) is 0 Å². The lowest BCUT2D eigenvalue weighted by atomic mass is 10.1. The van der Waals surface area contributed by atoms with Crippen molar-refractivity contribution in [3.05, 3.63) is 23.8 Å². The molecule has 0 radical (unpaired) electrons. The van der Waals surface area contributed by atoms with Crippen LogP contribution in [0.15, 0.2) is 18.2 Å². The van der Waals surface area contributed by atoms with Crippen LogP contribution in [-0.4, -0.2) is 32.8 Å². The third kappa shape index (κ3) is 2.97. The van der Waals surface area contributed by atoms with Crippen molar-refractivity contribution in [3.8, 4) is 0 Å². The zero-order valence-electron chi connectivity index (χ0n) is 9.65. The molecule has 0 aliphatic carbocycles. The molecular weight excluding hydrogens is 259 g/mol. The van der Waals surface area contributed by atoms with Gasteiger partial charge < -0.3 is 15.0 Å². The first kappa shape index (κ1) is 14.4. The van der Waals surface area contributed by atoms with E-state index in [0.29, 0.717) is 0 Å². The Morgan fingerprint density at radius 2 is 1.88 bits per heavy atom. The van der Waals surface area contributed by atoms with Crippen molar-refractivity contribution in [1.82, 2.24) is 0 Å². The average Bonchev–Trinajstić information content (AvgIpc) is 2.77. The molecule has 0 spiro atoms.